The molecule has 0 radical (unpaired) electrons. The van der Waals surface area contributed by atoms with Crippen LogP contribution in [0.3, 0.4) is 0 Å². The lowest BCUT2D eigenvalue weighted by Crippen LogP contribution is -2.63. The molecule has 5 aliphatic rings. The van der Waals surface area contributed by atoms with Crippen molar-refractivity contribution in [3.05, 3.63) is 47.5 Å². The Morgan fingerprint density at radius 1 is 0.941 bits per heavy atom. The van der Waals surface area contributed by atoms with Crippen LogP contribution in [-0.4, -0.2) is 34.0 Å². The molecule has 4 aliphatic carbocycles. The highest BCUT2D eigenvalue weighted by Crippen LogP contribution is 2.70. The van der Waals surface area contributed by atoms with Crippen molar-refractivity contribution in [1.82, 2.24) is 0 Å². The van der Waals surface area contributed by atoms with Crippen LogP contribution in [0.15, 0.2) is 42.0 Å². The van der Waals surface area contributed by atoms with Gasteiger partial charge in [0.15, 0.2) is 0 Å². The summed E-state index contributed by atoms with van der Waals surface area (Å²) in [6.07, 6.45) is 11.3. The van der Waals surface area contributed by atoms with E-state index in [2.05, 4.69) is 38.1 Å². The number of carbonyl (C=O) groups excluding carboxylic acids is 1. The van der Waals surface area contributed by atoms with Crippen LogP contribution in [0.2, 0.25) is 0 Å². The van der Waals surface area contributed by atoms with Crippen LogP contribution in [0, 0.1) is 34.5 Å². The third-order valence-electron chi connectivity index (χ3n) is 11.5. The molecule has 4 fully saturated rings. The lowest BCUT2D eigenvalue weighted by molar-refractivity contribution is -0.214. The Bertz CT molecular complexity index is 1000. The number of ether oxygens (including phenoxy) is 1. The first-order chi connectivity index (χ1) is 16.2. The number of benzene rings is 1. The highest BCUT2D eigenvalue weighted by Gasteiger charge is 2.68. The summed E-state index contributed by atoms with van der Waals surface area (Å²) in [5.74, 6) is 1.37. The molecule has 4 nitrogen and oxygen atoms in total. The van der Waals surface area contributed by atoms with E-state index in [-0.39, 0.29) is 22.7 Å². The summed E-state index contributed by atoms with van der Waals surface area (Å²) < 4.78 is 5.25. The zero-order chi connectivity index (χ0) is 23.8. The minimum Gasteiger partial charge on any atom is -0.458 e. The molecule has 1 heterocycles. The largest absolute Gasteiger partial charge is 0.458 e. The Balaban J connectivity index is 1.24. The molecule has 0 unspecified atom stereocenters. The van der Waals surface area contributed by atoms with Crippen LogP contribution in [0.4, 0.5) is 0 Å². The van der Waals surface area contributed by atoms with Crippen LogP contribution in [-0.2, 0) is 16.0 Å². The van der Waals surface area contributed by atoms with E-state index in [1.54, 1.807) is 6.08 Å². The summed E-state index contributed by atoms with van der Waals surface area (Å²) in [4.78, 5) is 11.8. The minimum absolute atomic E-state index is 0.181. The molecule has 4 saturated carbocycles. The van der Waals surface area contributed by atoms with E-state index < -0.39 is 11.2 Å². The van der Waals surface area contributed by atoms with Gasteiger partial charge in [-0.3, -0.25) is 0 Å². The van der Waals surface area contributed by atoms with Gasteiger partial charge in [-0.2, -0.15) is 0 Å². The van der Waals surface area contributed by atoms with Crippen molar-refractivity contribution in [2.75, 3.05) is 6.61 Å². The number of hydrogen-bond acceptors (Lipinski definition) is 4. The van der Waals surface area contributed by atoms with Gasteiger partial charge in [0.2, 0.25) is 0 Å². The van der Waals surface area contributed by atoms with Gasteiger partial charge in [0, 0.05) is 17.9 Å². The zero-order valence-corrected chi connectivity index (χ0v) is 20.8. The van der Waals surface area contributed by atoms with Crippen LogP contribution >= 0.6 is 0 Å². The number of hydrogen-bond donors (Lipinski definition) is 2. The summed E-state index contributed by atoms with van der Waals surface area (Å²) in [5.41, 5.74) is 1.06. The SMILES string of the molecule is C[C@]12CC[C@@](O)(Cc3ccccc3)C[C@H]1CC[C@@H]1[C@@H]2CC[C@]2(C)[C@@H](C3=CC(=O)OC3)CC[C@]12O. The van der Waals surface area contributed by atoms with Crippen LogP contribution < -0.4 is 0 Å². The van der Waals surface area contributed by atoms with Crippen LogP contribution in [0.5, 0.6) is 0 Å². The first kappa shape index (κ1) is 22.8. The predicted octanol–water partition coefficient (Wildman–Crippen LogP) is 5.22. The maximum absolute atomic E-state index is 12.4. The summed E-state index contributed by atoms with van der Waals surface area (Å²) >= 11 is 0. The van der Waals surface area contributed by atoms with Gasteiger partial charge in [-0.1, -0.05) is 44.2 Å². The van der Waals surface area contributed by atoms with E-state index >= 15 is 0 Å². The van der Waals surface area contributed by atoms with Crippen LogP contribution in [0.25, 0.3) is 0 Å². The van der Waals surface area contributed by atoms with Crippen molar-refractivity contribution in [2.45, 2.75) is 89.3 Å². The van der Waals surface area contributed by atoms with Crippen molar-refractivity contribution in [3.8, 4) is 0 Å². The molecule has 34 heavy (non-hydrogen) atoms. The highest BCUT2D eigenvalue weighted by molar-refractivity contribution is 5.85. The van der Waals surface area contributed by atoms with Crippen molar-refractivity contribution in [1.29, 1.82) is 0 Å². The first-order valence-corrected chi connectivity index (χ1v) is 13.5. The number of fused-ring (bicyclic) bond motifs is 5. The van der Waals surface area contributed by atoms with Gasteiger partial charge in [0.1, 0.15) is 6.61 Å². The molecule has 1 aromatic carbocycles. The highest BCUT2D eigenvalue weighted by atomic mass is 16.5. The number of carbonyl (C=O) groups is 1. The second-order valence-electron chi connectivity index (χ2n) is 12.9. The molecular weight excluding hydrogens is 424 g/mol. The Hall–Kier alpha value is -1.65. The Morgan fingerprint density at radius 2 is 1.74 bits per heavy atom. The maximum atomic E-state index is 12.4. The average molecular weight is 465 g/mol. The van der Waals surface area contributed by atoms with E-state index in [9.17, 15) is 15.0 Å². The summed E-state index contributed by atoms with van der Waals surface area (Å²) in [6, 6.07) is 10.4. The zero-order valence-electron chi connectivity index (χ0n) is 20.8. The molecule has 0 bridgehead atoms. The second-order valence-corrected chi connectivity index (χ2v) is 12.9. The maximum Gasteiger partial charge on any atom is 0.331 e. The topological polar surface area (TPSA) is 66.8 Å². The second kappa shape index (κ2) is 7.67. The molecule has 184 valence electrons. The average Bonchev–Trinajstić information content (AvgIpc) is 3.35. The first-order valence-electron chi connectivity index (χ1n) is 13.5. The quantitative estimate of drug-likeness (QED) is 0.602. The van der Waals surface area contributed by atoms with Crippen molar-refractivity contribution in [3.63, 3.8) is 0 Å². The standard InChI is InChI=1S/C30H40O4/c1-27-14-15-29(32,17-20-6-4-3-5-7-20)18-22(27)8-9-25-24(27)10-12-28(2)23(11-13-30(25,28)33)21-16-26(31)34-19-21/h3-7,16,22-25,32-33H,8-15,17-19H2,1-2H3/t22-,23-,24+,25-,27+,28-,29-,30+/m1/s1. The van der Waals surface area contributed by atoms with E-state index in [4.69, 9.17) is 4.74 Å². The van der Waals surface area contributed by atoms with E-state index in [1.807, 2.05) is 6.07 Å². The minimum atomic E-state index is -0.668. The summed E-state index contributed by atoms with van der Waals surface area (Å²) in [7, 11) is 0. The van der Waals surface area contributed by atoms with Crippen molar-refractivity contribution in [2.24, 2.45) is 34.5 Å². The van der Waals surface area contributed by atoms with Crippen LogP contribution in [0.1, 0.15) is 77.2 Å². The summed E-state index contributed by atoms with van der Waals surface area (Å²) in [6.45, 7) is 5.17. The van der Waals surface area contributed by atoms with Gasteiger partial charge < -0.3 is 14.9 Å². The lowest BCUT2D eigenvalue weighted by Gasteiger charge is -2.64. The van der Waals surface area contributed by atoms with Gasteiger partial charge in [0.25, 0.3) is 0 Å². The molecule has 4 heteroatoms. The number of rotatable bonds is 3. The van der Waals surface area contributed by atoms with E-state index in [0.29, 0.717) is 24.4 Å². The fourth-order valence-electron chi connectivity index (χ4n) is 9.61. The smallest absolute Gasteiger partial charge is 0.331 e. The third-order valence-corrected chi connectivity index (χ3v) is 11.5. The Kier molecular flexibility index (Phi) is 5.14. The van der Waals surface area contributed by atoms with E-state index in [1.165, 1.54) is 5.56 Å². The molecule has 0 aromatic heterocycles. The molecule has 2 N–H and O–H groups in total. The number of aliphatic hydroxyl groups is 2. The number of cyclic esters (lactones) is 1. The van der Waals surface area contributed by atoms with Gasteiger partial charge in [-0.25, -0.2) is 4.79 Å². The fraction of sp³-hybridized carbons (Fsp3) is 0.700. The molecule has 6 rings (SSSR count). The molecule has 0 saturated heterocycles. The monoisotopic (exact) mass is 464 g/mol. The molecular formula is C30H40O4. The molecule has 1 aromatic rings. The molecule has 0 spiro atoms. The fourth-order valence-corrected chi connectivity index (χ4v) is 9.61. The predicted molar refractivity (Wildman–Crippen MR) is 131 cm³/mol. The van der Waals surface area contributed by atoms with Gasteiger partial charge in [0.05, 0.1) is 11.2 Å². The molecule has 0 amide bonds. The third kappa shape index (κ3) is 3.20. The van der Waals surface area contributed by atoms with Gasteiger partial charge in [-0.05, 0) is 98.0 Å². The van der Waals surface area contributed by atoms with Gasteiger partial charge >= 0.3 is 5.97 Å². The van der Waals surface area contributed by atoms with Crippen molar-refractivity contribution >= 4 is 5.97 Å². The van der Waals surface area contributed by atoms with Crippen molar-refractivity contribution < 1.29 is 19.7 Å². The summed E-state index contributed by atoms with van der Waals surface area (Å²) in [5, 5.41) is 24.0. The van der Waals surface area contributed by atoms with E-state index in [0.717, 1.165) is 69.8 Å². The molecule has 8 atom stereocenters. The number of esters is 1. The Labute approximate surface area is 203 Å². The lowest BCUT2D eigenvalue weighted by atomic mass is 9.42. The van der Waals surface area contributed by atoms with Gasteiger partial charge in [-0.15, -0.1) is 0 Å². The normalized spacial score (nSPS) is 47.9. The molecule has 1 aliphatic heterocycles. The Morgan fingerprint density at radius 3 is 2.47 bits per heavy atom.